The van der Waals surface area contributed by atoms with E-state index in [4.69, 9.17) is 10.5 Å². The standard InChI is InChI=1S/C10H23N3O2/c1-10(12-2,9(11)14)5-6-13(3)7-8-15-4/h12H,5-8H2,1-4H3,(H2,11,14). The van der Waals surface area contributed by atoms with Gasteiger partial charge in [0.25, 0.3) is 0 Å². The van der Waals surface area contributed by atoms with Crippen molar-refractivity contribution in [1.29, 1.82) is 0 Å². The molecule has 0 aliphatic rings. The molecule has 15 heavy (non-hydrogen) atoms. The number of methoxy groups -OCH3 is 1. The van der Waals surface area contributed by atoms with Gasteiger partial charge in [-0.2, -0.15) is 0 Å². The molecule has 1 atom stereocenters. The number of nitrogens with one attached hydrogen (secondary N) is 1. The van der Waals surface area contributed by atoms with E-state index in [1.54, 1.807) is 14.2 Å². The maximum absolute atomic E-state index is 11.2. The fraction of sp³-hybridized carbons (Fsp3) is 0.900. The third kappa shape index (κ3) is 5.11. The van der Waals surface area contributed by atoms with Gasteiger partial charge >= 0.3 is 0 Å². The minimum absolute atomic E-state index is 0.315. The Hall–Kier alpha value is -0.650. The van der Waals surface area contributed by atoms with Gasteiger partial charge in [0.1, 0.15) is 0 Å². The monoisotopic (exact) mass is 217 g/mol. The lowest BCUT2D eigenvalue weighted by Crippen LogP contribution is -2.53. The third-order valence-electron chi connectivity index (χ3n) is 2.77. The van der Waals surface area contributed by atoms with E-state index in [0.717, 1.165) is 13.1 Å². The van der Waals surface area contributed by atoms with Crippen molar-refractivity contribution in [2.75, 3.05) is 40.9 Å². The number of carbonyl (C=O) groups is 1. The van der Waals surface area contributed by atoms with Crippen LogP contribution in [0.1, 0.15) is 13.3 Å². The Morgan fingerprint density at radius 3 is 2.53 bits per heavy atom. The molecule has 0 aromatic carbocycles. The molecule has 0 radical (unpaired) electrons. The average Bonchev–Trinajstić information content (AvgIpc) is 2.22. The van der Waals surface area contributed by atoms with Gasteiger partial charge < -0.3 is 20.7 Å². The summed E-state index contributed by atoms with van der Waals surface area (Å²) in [6.45, 7) is 4.18. The lowest BCUT2D eigenvalue weighted by molar-refractivity contribution is -0.124. The number of carbonyl (C=O) groups excluding carboxylic acids is 1. The summed E-state index contributed by atoms with van der Waals surface area (Å²) in [6.07, 6.45) is 0.693. The number of ether oxygens (including phenoxy) is 1. The second-order valence-corrected chi connectivity index (χ2v) is 3.99. The summed E-state index contributed by atoms with van der Waals surface area (Å²) in [6, 6.07) is 0. The highest BCUT2D eigenvalue weighted by molar-refractivity contribution is 5.84. The van der Waals surface area contributed by atoms with Crippen LogP contribution < -0.4 is 11.1 Å². The van der Waals surface area contributed by atoms with Crippen LogP contribution in [0, 0.1) is 0 Å². The molecular formula is C10H23N3O2. The lowest BCUT2D eigenvalue weighted by Gasteiger charge is -2.27. The zero-order valence-electron chi connectivity index (χ0n) is 10.2. The van der Waals surface area contributed by atoms with Crippen molar-refractivity contribution in [1.82, 2.24) is 10.2 Å². The fourth-order valence-electron chi connectivity index (χ4n) is 1.14. The summed E-state index contributed by atoms with van der Waals surface area (Å²) in [7, 11) is 5.42. The Bertz CT molecular complexity index is 199. The van der Waals surface area contributed by atoms with E-state index in [-0.39, 0.29) is 5.91 Å². The van der Waals surface area contributed by atoms with Crippen LogP contribution in [0.2, 0.25) is 0 Å². The van der Waals surface area contributed by atoms with E-state index < -0.39 is 5.54 Å². The highest BCUT2D eigenvalue weighted by atomic mass is 16.5. The van der Waals surface area contributed by atoms with E-state index in [1.807, 2.05) is 14.0 Å². The minimum atomic E-state index is -0.624. The third-order valence-corrected chi connectivity index (χ3v) is 2.77. The Kier molecular flexibility index (Phi) is 6.47. The molecule has 1 unspecified atom stereocenters. The van der Waals surface area contributed by atoms with E-state index in [0.29, 0.717) is 13.0 Å². The molecule has 0 saturated heterocycles. The van der Waals surface area contributed by atoms with Gasteiger partial charge in [-0.3, -0.25) is 4.79 Å². The van der Waals surface area contributed by atoms with Crippen LogP contribution in [0.4, 0.5) is 0 Å². The van der Waals surface area contributed by atoms with Crippen LogP contribution in [0.25, 0.3) is 0 Å². The molecule has 0 aromatic heterocycles. The van der Waals surface area contributed by atoms with Gasteiger partial charge in [-0.1, -0.05) is 0 Å². The molecule has 5 nitrogen and oxygen atoms in total. The first-order valence-electron chi connectivity index (χ1n) is 5.12. The number of likely N-dealkylation sites (N-methyl/N-ethyl adjacent to an activating group) is 2. The van der Waals surface area contributed by atoms with E-state index in [2.05, 4.69) is 10.2 Å². The quantitative estimate of drug-likeness (QED) is 0.571. The van der Waals surface area contributed by atoms with Crippen molar-refractivity contribution in [2.24, 2.45) is 5.73 Å². The molecule has 1 amide bonds. The van der Waals surface area contributed by atoms with Crippen molar-refractivity contribution in [3.63, 3.8) is 0 Å². The van der Waals surface area contributed by atoms with Crippen molar-refractivity contribution >= 4 is 5.91 Å². The summed E-state index contributed by atoms with van der Waals surface area (Å²) in [5.41, 5.74) is 4.70. The second kappa shape index (κ2) is 6.76. The first kappa shape index (κ1) is 14.3. The maximum Gasteiger partial charge on any atom is 0.237 e. The van der Waals surface area contributed by atoms with Crippen molar-refractivity contribution in [2.45, 2.75) is 18.9 Å². The van der Waals surface area contributed by atoms with Crippen molar-refractivity contribution < 1.29 is 9.53 Å². The summed E-state index contributed by atoms with van der Waals surface area (Å²) >= 11 is 0. The van der Waals surface area contributed by atoms with Gasteiger partial charge in [0.2, 0.25) is 5.91 Å². The van der Waals surface area contributed by atoms with Crippen LogP contribution >= 0.6 is 0 Å². The average molecular weight is 217 g/mol. The first-order valence-corrected chi connectivity index (χ1v) is 5.12. The largest absolute Gasteiger partial charge is 0.383 e. The molecule has 0 bridgehead atoms. The van der Waals surface area contributed by atoms with Gasteiger partial charge in [0, 0.05) is 20.2 Å². The van der Waals surface area contributed by atoms with Crippen LogP contribution in [0.5, 0.6) is 0 Å². The topological polar surface area (TPSA) is 67.6 Å². The smallest absolute Gasteiger partial charge is 0.237 e. The van der Waals surface area contributed by atoms with Gasteiger partial charge in [-0.05, 0) is 27.4 Å². The highest BCUT2D eigenvalue weighted by Crippen LogP contribution is 2.08. The zero-order chi connectivity index (χ0) is 11.9. The predicted octanol–water partition coefficient (Wildman–Crippen LogP) is -0.582. The number of nitrogens with zero attached hydrogens (tertiary/aromatic N) is 1. The van der Waals surface area contributed by atoms with E-state index in [1.165, 1.54) is 0 Å². The Balaban J connectivity index is 3.95. The number of amides is 1. The molecule has 0 saturated carbocycles. The summed E-state index contributed by atoms with van der Waals surface area (Å²) in [5, 5.41) is 2.96. The fourth-order valence-corrected chi connectivity index (χ4v) is 1.14. The number of primary amides is 1. The Morgan fingerprint density at radius 1 is 1.53 bits per heavy atom. The molecule has 0 heterocycles. The Labute approximate surface area is 91.9 Å². The zero-order valence-corrected chi connectivity index (χ0v) is 10.2. The maximum atomic E-state index is 11.2. The molecule has 0 aliphatic carbocycles. The molecule has 0 aliphatic heterocycles. The van der Waals surface area contributed by atoms with Gasteiger partial charge in [-0.15, -0.1) is 0 Å². The van der Waals surface area contributed by atoms with Crippen LogP contribution in [-0.2, 0) is 9.53 Å². The van der Waals surface area contributed by atoms with Gasteiger partial charge in [0.15, 0.2) is 0 Å². The molecular weight excluding hydrogens is 194 g/mol. The summed E-state index contributed by atoms with van der Waals surface area (Å²) in [4.78, 5) is 13.3. The van der Waals surface area contributed by atoms with E-state index in [9.17, 15) is 4.79 Å². The molecule has 5 heteroatoms. The molecule has 3 N–H and O–H groups in total. The predicted molar refractivity (Wildman–Crippen MR) is 60.6 cm³/mol. The van der Waals surface area contributed by atoms with Crippen LogP contribution in [-0.4, -0.2) is 57.2 Å². The van der Waals surface area contributed by atoms with Crippen LogP contribution in [0.15, 0.2) is 0 Å². The molecule has 0 spiro atoms. The number of rotatable bonds is 8. The molecule has 0 fully saturated rings. The molecule has 0 rings (SSSR count). The Morgan fingerprint density at radius 2 is 2.13 bits per heavy atom. The molecule has 0 aromatic rings. The lowest BCUT2D eigenvalue weighted by atomic mass is 9.97. The normalized spacial score (nSPS) is 15.3. The van der Waals surface area contributed by atoms with Crippen LogP contribution in [0.3, 0.4) is 0 Å². The number of nitrogens with two attached hydrogens (primary N) is 1. The minimum Gasteiger partial charge on any atom is -0.383 e. The highest BCUT2D eigenvalue weighted by Gasteiger charge is 2.28. The first-order chi connectivity index (χ1) is 6.96. The number of hydrogen-bond acceptors (Lipinski definition) is 4. The van der Waals surface area contributed by atoms with Crippen molar-refractivity contribution in [3.8, 4) is 0 Å². The SMILES string of the molecule is CNC(C)(CCN(C)CCOC)C(N)=O. The van der Waals surface area contributed by atoms with Crippen molar-refractivity contribution in [3.05, 3.63) is 0 Å². The summed E-state index contributed by atoms with van der Waals surface area (Å²) in [5.74, 6) is -0.315. The second-order valence-electron chi connectivity index (χ2n) is 3.99. The van der Waals surface area contributed by atoms with E-state index >= 15 is 0 Å². The number of hydrogen-bond donors (Lipinski definition) is 2. The summed E-state index contributed by atoms with van der Waals surface area (Å²) < 4.78 is 4.97. The molecule has 90 valence electrons. The van der Waals surface area contributed by atoms with Gasteiger partial charge in [-0.25, -0.2) is 0 Å². The van der Waals surface area contributed by atoms with Gasteiger partial charge in [0.05, 0.1) is 12.1 Å².